The molecule has 154 valence electrons. The zero-order valence-corrected chi connectivity index (χ0v) is 20.0. The molecule has 28 heavy (non-hydrogen) atoms. The van der Waals surface area contributed by atoms with E-state index in [1.165, 1.54) is 5.56 Å². The van der Waals surface area contributed by atoms with Crippen LogP contribution in [0.15, 0.2) is 52.2 Å². The van der Waals surface area contributed by atoms with Gasteiger partial charge in [-0.1, -0.05) is 37.3 Å². The molecule has 1 aromatic heterocycles. The summed E-state index contributed by atoms with van der Waals surface area (Å²) < 4.78 is 0. The minimum atomic E-state index is 0. The van der Waals surface area contributed by atoms with Crippen LogP contribution >= 0.6 is 35.3 Å². The number of aliphatic imine (C=N–C) groups is 1. The topological polar surface area (TPSA) is 56.7 Å². The number of benzene rings is 1. The molecule has 0 aliphatic rings. The Morgan fingerprint density at radius 3 is 2.61 bits per heavy atom. The number of amides is 1. The first-order valence-corrected chi connectivity index (χ1v) is 10.4. The number of hydrogen-bond donors (Lipinski definition) is 2. The van der Waals surface area contributed by atoms with Crippen LogP contribution in [-0.4, -0.2) is 43.4 Å². The van der Waals surface area contributed by atoms with E-state index < -0.39 is 0 Å². The van der Waals surface area contributed by atoms with Gasteiger partial charge in [-0.2, -0.15) is 11.3 Å². The van der Waals surface area contributed by atoms with E-state index >= 15 is 0 Å². The number of thiophene rings is 1. The molecule has 1 heterocycles. The smallest absolute Gasteiger partial charge is 0.224 e. The second-order valence-electron chi connectivity index (χ2n) is 6.59. The summed E-state index contributed by atoms with van der Waals surface area (Å²) in [5, 5.41) is 10.8. The molecule has 0 saturated carbocycles. The molecule has 1 unspecified atom stereocenters. The van der Waals surface area contributed by atoms with E-state index in [0.29, 0.717) is 32.0 Å². The summed E-state index contributed by atoms with van der Waals surface area (Å²) in [6.07, 6.45) is 0.438. The fourth-order valence-corrected chi connectivity index (χ4v) is 3.44. The Morgan fingerprint density at radius 1 is 1.21 bits per heavy atom. The van der Waals surface area contributed by atoms with E-state index in [2.05, 4.69) is 39.4 Å². The Hall–Kier alpha value is -1.61. The number of carbonyl (C=O) groups excluding carboxylic acids is 1. The van der Waals surface area contributed by atoms with Gasteiger partial charge in [-0.15, -0.1) is 24.0 Å². The highest BCUT2D eigenvalue weighted by molar-refractivity contribution is 14.0. The van der Waals surface area contributed by atoms with Crippen LogP contribution < -0.4 is 10.6 Å². The predicted molar refractivity (Wildman–Crippen MR) is 130 cm³/mol. The van der Waals surface area contributed by atoms with E-state index in [1.54, 1.807) is 16.2 Å². The summed E-state index contributed by atoms with van der Waals surface area (Å²) in [6.45, 7) is 6.92. The van der Waals surface area contributed by atoms with Gasteiger partial charge in [-0.3, -0.25) is 9.79 Å². The highest BCUT2D eigenvalue weighted by Gasteiger charge is 2.10. The lowest BCUT2D eigenvalue weighted by Crippen LogP contribution is -2.39. The zero-order valence-electron chi connectivity index (χ0n) is 16.9. The number of nitrogens with zero attached hydrogens (tertiary/aromatic N) is 2. The van der Waals surface area contributed by atoms with Gasteiger partial charge >= 0.3 is 0 Å². The maximum Gasteiger partial charge on any atom is 0.224 e. The van der Waals surface area contributed by atoms with Crippen LogP contribution in [0.5, 0.6) is 0 Å². The largest absolute Gasteiger partial charge is 0.357 e. The molecule has 2 rings (SSSR count). The van der Waals surface area contributed by atoms with Crippen LogP contribution in [0.3, 0.4) is 0 Å². The Kier molecular flexibility index (Phi) is 11.8. The number of rotatable bonds is 9. The van der Waals surface area contributed by atoms with Crippen molar-refractivity contribution in [3.8, 4) is 0 Å². The molecule has 0 fully saturated rings. The van der Waals surface area contributed by atoms with Crippen LogP contribution in [0.2, 0.25) is 0 Å². The predicted octanol–water partition coefficient (Wildman–Crippen LogP) is 4.07. The van der Waals surface area contributed by atoms with E-state index in [9.17, 15) is 4.79 Å². The lowest BCUT2D eigenvalue weighted by Gasteiger charge is -2.18. The average molecular weight is 514 g/mol. The van der Waals surface area contributed by atoms with E-state index in [1.807, 2.05) is 44.3 Å². The molecule has 0 aliphatic heterocycles. The van der Waals surface area contributed by atoms with Crippen LogP contribution in [0, 0.1) is 0 Å². The maximum atomic E-state index is 12.3. The van der Waals surface area contributed by atoms with Gasteiger partial charge < -0.3 is 15.5 Å². The monoisotopic (exact) mass is 514 g/mol. The van der Waals surface area contributed by atoms with Gasteiger partial charge in [0.05, 0.1) is 0 Å². The Labute approximate surface area is 189 Å². The molecule has 0 spiro atoms. The van der Waals surface area contributed by atoms with Crippen molar-refractivity contribution in [3.63, 3.8) is 0 Å². The van der Waals surface area contributed by atoms with Crippen LogP contribution in [-0.2, 0) is 11.3 Å². The van der Waals surface area contributed by atoms with Gasteiger partial charge in [-0.05, 0) is 34.9 Å². The summed E-state index contributed by atoms with van der Waals surface area (Å²) in [6, 6.07) is 12.2. The highest BCUT2D eigenvalue weighted by atomic mass is 127. The fourth-order valence-electron chi connectivity index (χ4n) is 2.65. The highest BCUT2D eigenvalue weighted by Crippen LogP contribution is 2.18. The molecule has 1 atom stereocenters. The van der Waals surface area contributed by atoms with Gasteiger partial charge in [0.2, 0.25) is 5.91 Å². The molecular weight excluding hydrogens is 483 g/mol. The molecular formula is C21H31IN4OS. The molecule has 2 aromatic rings. The van der Waals surface area contributed by atoms with E-state index in [-0.39, 0.29) is 29.9 Å². The second-order valence-corrected chi connectivity index (χ2v) is 7.37. The molecule has 0 radical (unpaired) electrons. The number of halogens is 1. The molecule has 0 saturated heterocycles. The Balaban J connectivity index is 0.00000392. The fraction of sp³-hybridized carbons (Fsp3) is 0.429. The first-order chi connectivity index (χ1) is 13.1. The number of nitrogens with one attached hydrogen (secondary N) is 2. The third kappa shape index (κ3) is 8.60. The molecule has 2 N–H and O–H groups in total. The molecule has 1 aromatic carbocycles. The molecule has 5 nitrogen and oxygen atoms in total. The number of hydrogen-bond acceptors (Lipinski definition) is 3. The summed E-state index contributed by atoms with van der Waals surface area (Å²) in [7, 11) is 1.84. The van der Waals surface area contributed by atoms with Gasteiger partial charge in [0.15, 0.2) is 5.96 Å². The maximum absolute atomic E-state index is 12.3. The van der Waals surface area contributed by atoms with Crippen LogP contribution in [0.4, 0.5) is 0 Å². The standard InChI is InChI=1S/C21H30N4OS.HI/c1-4-22-21(24-14-17(2)19-11-13-27-16-19)23-12-10-20(26)25(3)15-18-8-6-5-7-9-18;/h5-9,11,13,16-17H,4,10,12,14-15H2,1-3H3,(H2,22,23,24);1H. The summed E-state index contributed by atoms with van der Waals surface area (Å²) >= 11 is 1.71. The van der Waals surface area contributed by atoms with Crippen molar-refractivity contribution in [2.45, 2.75) is 32.7 Å². The van der Waals surface area contributed by atoms with Crippen molar-refractivity contribution in [2.24, 2.45) is 4.99 Å². The van der Waals surface area contributed by atoms with Gasteiger partial charge in [0, 0.05) is 45.6 Å². The Bertz CT molecular complexity index is 706. The lowest BCUT2D eigenvalue weighted by molar-refractivity contribution is -0.130. The number of carbonyl (C=O) groups is 1. The van der Waals surface area contributed by atoms with Gasteiger partial charge in [0.25, 0.3) is 0 Å². The van der Waals surface area contributed by atoms with E-state index in [4.69, 9.17) is 0 Å². The summed E-state index contributed by atoms with van der Waals surface area (Å²) in [5.74, 6) is 1.26. The van der Waals surface area contributed by atoms with Crippen molar-refractivity contribution in [1.29, 1.82) is 0 Å². The SMILES string of the molecule is CCNC(=NCC(C)c1ccsc1)NCCC(=O)N(C)Cc1ccccc1.I. The summed E-state index contributed by atoms with van der Waals surface area (Å²) in [5.41, 5.74) is 2.45. The van der Waals surface area contributed by atoms with Crippen molar-refractivity contribution >= 4 is 47.2 Å². The third-order valence-electron chi connectivity index (χ3n) is 4.30. The van der Waals surface area contributed by atoms with Gasteiger partial charge in [0.1, 0.15) is 0 Å². The van der Waals surface area contributed by atoms with Crippen molar-refractivity contribution in [2.75, 3.05) is 26.7 Å². The van der Waals surface area contributed by atoms with Crippen molar-refractivity contribution < 1.29 is 4.79 Å². The molecule has 0 bridgehead atoms. The first kappa shape index (κ1) is 24.4. The normalized spacial score (nSPS) is 12.0. The van der Waals surface area contributed by atoms with Crippen molar-refractivity contribution in [3.05, 3.63) is 58.3 Å². The van der Waals surface area contributed by atoms with Crippen molar-refractivity contribution in [1.82, 2.24) is 15.5 Å². The Morgan fingerprint density at radius 2 is 1.96 bits per heavy atom. The first-order valence-electron chi connectivity index (χ1n) is 9.42. The quantitative estimate of drug-likeness (QED) is 0.302. The third-order valence-corrected chi connectivity index (χ3v) is 5.00. The lowest BCUT2D eigenvalue weighted by atomic mass is 10.1. The summed E-state index contributed by atoms with van der Waals surface area (Å²) in [4.78, 5) is 18.8. The average Bonchev–Trinajstić information content (AvgIpc) is 3.21. The zero-order chi connectivity index (χ0) is 19.5. The minimum Gasteiger partial charge on any atom is -0.357 e. The van der Waals surface area contributed by atoms with Crippen LogP contribution in [0.1, 0.15) is 37.3 Å². The molecule has 0 aliphatic carbocycles. The van der Waals surface area contributed by atoms with E-state index in [0.717, 1.165) is 18.1 Å². The molecule has 7 heteroatoms. The second kappa shape index (κ2) is 13.5. The number of guanidine groups is 1. The van der Waals surface area contributed by atoms with Gasteiger partial charge in [-0.25, -0.2) is 0 Å². The molecule has 1 amide bonds. The van der Waals surface area contributed by atoms with Crippen LogP contribution in [0.25, 0.3) is 0 Å². The minimum absolute atomic E-state index is 0.